The second-order valence-corrected chi connectivity index (χ2v) is 11.5. The Morgan fingerprint density at radius 1 is 1.05 bits per heavy atom. The molecule has 2 fully saturated rings. The number of benzene rings is 2. The Hall–Kier alpha value is -4.12. The molecule has 3 N–H and O–H groups in total. The van der Waals surface area contributed by atoms with Crippen LogP contribution in [0.4, 0.5) is 20.2 Å². The van der Waals surface area contributed by atoms with Crippen molar-refractivity contribution in [2.45, 2.75) is 45.2 Å². The quantitative estimate of drug-likeness (QED) is 0.413. The molecule has 11 heteroatoms. The summed E-state index contributed by atoms with van der Waals surface area (Å²) in [6.07, 6.45) is 4.12. The third-order valence-electron chi connectivity index (χ3n) is 7.70. The van der Waals surface area contributed by atoms with E-state index in [1.165, 1.54) is 12.1 Å². The molecule has 2 aromatic carbocycles. The van der Waals surface area contributed by atoms with Gasteiger partial charge in [0.2, 0.25) is 0 Å². The Balaban J connectivity index is 1.41. The lowest BCUT2D eigenvalue weighted by atomic mass is 10.0. The van der Waals surface area contributed by atoms with Gasteiger partial charge >= 0.3 is 0 Å². The van der Waals surface area contributed by atoms with Crippen LogP contribution < -0.4 is 21.5 Å². The number of hydrogen-bond donors (Lipinski definition) is 2. The Morgan fingerprint density at radius 2 is 1.77 bits per heavy atom. The summed E-state index contributed by atoms with van der Waals surface area (Å²) < 4.78 is 31.2. The van der Waals surface area contributed by atoms with Crippen LogP contribution in [0.5, 0.6) is 0 Å². The molecule has 3 heterocycles. The fourth-order valence-corrected chi connectivity index (χ4v) is 5.29. The maximum atomic E-state index is 14.4. The summed E-state index contributed by atoms with van der Waals surface area (Å²) in [6, 6.07) is 9.15. The van der Waals surface area contributed by atoms with Gasteiger partial charge in [0.1, 0.15) is 11.4 Å². The van der Waals surface area contributed by atoms with Gasteiger partial charge in [0.15, 0.2) is 11.6 Å². The second kappa shape index (κ2) is 8.70. The van der Waals surface area contributed by atoms with Crippen LogP contribution in [0.1, 0.15) is 44.1 Å². The van der Waals surface area contributed by atoms with Crippen molar-refractivity contribution in [3.8, 4) is 5.69 Å². The van der Waals surface area contributed by atoms with Crippen LogP contribution in [-0.2, 0) is 5.54 Å². The van der Waals surface area contributed by atoms with E-state index in [-0.39, 0.29) is 22.7 Å². The average Bonchev–Trinajstić information content (AvgIpc) is 3.39. The number of nitrogens with one attached hydrogen (secondary N) is 1. The minimum absolute atomic E-state index is 0.0230. The minimum atomic E-state index is -0.967. The van der Waals surface area contributed by atoms with E-state index in [0.29, 0.717) is 16.9 Å². The van der Waals surface area contributed by atoms with Gasteiger partial charge in [0, 0.05) is 42.2 Å². The first-order valence-corrected chi connectivity index (χ1v) is 12.9. The van der Waals surface area contributed by atoms with Gasteiger partial charge in [0.05, 0.1) is 22.4 Å². The number of nitrogens with zero attached hydrogens (tertiary/aromatic N) is 5. The van der Waals surface area contributed by atoms with Crippen molar-refractivity contribution in [2.75, 3.05) is 23.3 Å². The Labute approximate surface area is 223 Å². The molecule has 2 aliphatic rings. The summed E-state index contributed by atoms with van der Waals surface area (Å²) in [7, 11) is 0. The molecule has 1 atom stereocenters. The molecular weight excluding hydrogens is 504 g/mol. The molecule has 1 amide bonds. The summed E-state index contributed by atoms with van der Waals surface area (Å²) in [6.45, 7) is 7.59. The first kappa shape index (κ1) is 25.2. The van der Waals surface area contributed by atoms with Gasteiger partial charge in [-0.25, -0.2) is 8.78 Å². The van der Waals surface area contributed by atoms with E-state index in [0.717, 1.165) is 54.2 Å². The molecule has 202 valence electrons. The van der Waals surface area contributed by atoms with Gasteiger partial charge in [0.25, 0.3) is 11.5 Å². The van der Waals surface area contributed by atoms with Gasteiger partial charge < -0.3 is 16.0 Å². The lowest BCUT2D eigenvalue weighted by Crippen LogP contribution is -2.30. The van der Waals surface area contributed by atoms with Gasteiger partial charge in [-0.1, -0.05) is 6.07 Å². The number of hydrogen-bond acceptors (Lipinski definition) is 6. The molecule has 4 aromatic rings. The summed E-state index contributed by atoms with van der Waals surface area (Å²) in [5.41, 5.74) is 6.89. The van der Waals surface area contributed by atoms with Crippen LogP contribution >= 0.6 is 0 Å². The van der Waals surface area contributed by atoms with Crippen LogP contribution in [0.25, 0.3) is 16.6 Å². The van der Waals surface area contributed by atoms with Crippen LogP contribution in [0.2, 0.25) is 0 Å². The summed E-state index contributed by atoms with van der Waals surface area (Å²) in [5.74, 6) is -2.57. The molecule has 1 saturated carbocycles. The van der Waals surface area contributed by atoms with Crippen molar-refractivity contribution in [1.82, 2.24) is 19.6 Å². The first-order chi connectivity index (χ1) is 18.5. The smallest absolute Gasteiger partial charge is 0.276 e. The number of carbonyl (C=O) groups excluding carboxylic acids is 1. The molecule has 2 aromatic heterocycles. The highest BCUT2D eigenvalue weighted by atomic mass is 19.1. The molecule has 0 bridgehead atoms. The molecule has 9 nitrogen and oxygen atoms in total. The van der Waals surface area contributed by atoms with Crippen molar-refractivity contribution in [1.29, 1.82) is 0 Å². The van der Waals surface area contributed by atoms with Crippen molar-refractivity contribution in [3.63, 3.8) is 0 Å². The summed E-state index contributed by atoms with van der Waals surface area (Å²) in [4.78, 5) is 28.0. The topological polar surface area (TPSA) is 111 Å². The normalized spacial score (nSPS) is 18.2. The Kier molecular flexibility index (Phi) is 5.62. The van der Waals surface area contributed by atoms with E-state index in [1.807, 2.05) is 16.9 Å². The molecular formula is C28H29F2N7O2. The van der Waals surface area contributed by atoms with Crippen molar-refractivity contribution in [2.24, 2.45) is 11.1 Å². The zero-order chi connectivity index (χ0) is 27.7. The van der Waals surface area contributed by atoms with E-state index in [4.69, 9.17) is 10.8 Å². The zero-order valence-corrected chi connectivity index (χ0v) is 21.9. The van der Waals surface area contributed by atoms with Crippen LogP contribution in [-0.4, -0.2) is 44.6 Å². The molecule has 0 unspecified atom stereocenters. The van der Waals surface area contributed by atoms with Crippen molar-refractivity contribution < 1.29 is 13.6 Å². The van der Waals surface area contributed by atoms with Crippen LogP contribution in [0.15, 0.2) is 53.5 Å². The van der Waals surface area contributed by atoms with E-state index >= 15 is 0 Å². The third kappa shape index (κ3) is 4.26. The molecule has 0 radical (unpaired) electrons. The first-order valence-electron chi connectivity index (χ1n) is 12.9. The number of nitrogens with two attached hydrogens (primary N) is 1. The van der Waals surface area contributed by atoms with Crippen LogP contribution in [0, 0.1) is 17.0 Å². The van der Waals surface area contributed by atoms with Crippen LogP contribution in [0.3, 0.4) is 0 Å². The fraction of sp³-hybridized carbons (Fsp3) is 0.357. The van der Waals surface area contributed by atoms with E-state index < -0.39 is 28.8 Å². The third-order valence-corrected chi connectivity index (χ3v) is 7.70. The highest BCUT2D eigenvalue weighted by Crippen LogP contribution is 2.54. The Bertz CT molecular complexity index is 1660. The molecule has 1 saturated heterocycles. The molecule has 1 spiro atoms. The maximum Gasteiger partial charge on any atom is 0.276 e. The lowest BCUT2D eigenvalue weighted by molar-refractivity contribution is 0.102. The number of rotatable bonds is 4. The minimum Gasteiger partial charge on any atom is -0.367 e. The number of para-hydroxylation sites is 1. The number of anilines is 2. The number of aromatic nitrogens is 4. The van der Waals surface area contributed by atoms with Gasteiger partial charge in [-0.2, -0.15) is 14.9 Å². The molecule has 39 heavy (non-hydrogen) atoms. The SMILES string of the molecule is CC(C)(C)n1cc2c(N3C[C@@H](N)C4(CC4)C3)c(NC(=O)c3ccc(=O)n(-c4c(F)cccc4F)n3)ccc2n1. The Morgan fingerprint density at radius 3 is 2.41 bits per heavy atom. The van der Waals surface area contributed by atoms with E-state index in [1.54, 1.807) is 6.07 Å². The maximum absolute atomic E-state index is 14.4. The highest BCUT2D eigenvalue weighted by molar-refractivity contribution is 6.08. The molecule has 1 aliphatic carbocycles. The number of halogens is 2. The standard InChI is InChI=1S/C28H29F2N7O2/c1-27(2,3)36-13-16-19(33-36)7-8-20(24(16)35-14-22(31)28(15-35)11-12-28)32-26(39)21-9-10-23(38)37(34-21)25-17(29)5-4-6-18(25)30/h4-10,13,22H,11-12,14-15,31H2,1-3H3,(H,32,39)/t22-/m1/s1. The summed E-state index contributed by atoms with van der Waals surface area (Å²) >= 11 is 0. The predicted octanol–water partition coefficient (Wildman–Crippen LogP) is 3.80. The van der Waals surface area contributed by atoms with E-state index in [2.05, 4.69) is 36.1 Å². The monoisotopic (exact) mass is 533 g/mol. The highest BCUT2D eigenvalue weighted by Gasteiger charge is 2.54. The number of fused-ring (bicyclic) bond motifs is 1. The predicted molar refractivity (Wildman–Crippen MR) is 144 cm³/mol. The lowest BCUT2D eigenvalue weighted by Gasteiger charge is -2.23. The average molecular weight is 534 g/mol. The van der Waals surface area contributed by atoms with Gasteiger partial charge in [-0.05, 0) is 63.9 Å². The van der Waals surface area contributed by atoms with Gasteiger partial charge in [-0.15, -0.1) is 0 Å². The number of carbonyl (C=O) groups is 1. The fourth-order valence-electron chi connectivity index (χ4n) is 5.29. The van der Waals surface area contributed by atoms with Crippen molar-refractivity contribution >= 4 is 28.2 Å². The zero-order valence-electron chi connectivity index (χ0n) is 21.9. The second-order valence-electron chi connectivity index (χ2n) is 11.5. The van der Waals surface area contributed by atoms with Crippen molar-refractivity contribution in [3.05, 3.63) is 76.3 Å². The summed E-state index contributed by atoms with van der Waals surface area (Å²) in [5, 5.41) is 12.5. The largest absolute Gasteiger partial charge is 0.367 e. The molecule has 1 aliphatic heterocycles. The molecule has 6 rings (SSSR count). The number of amides is 1. The van der Waals surface area contributed by atoms with E-state index in [9.17, 15) is 18.4 Å². The van der Waals surface area contributed by atoms with Gasteiger partial charge in [-0.3, -0.25) is 14.3 Å².